The number of nitrogens with zero attached hydrogens (tertiary/aromatic N) is 3. The average Bonchev–Trinajstić information content (AvgIpc) is 3.40. The Balaban J connectivity index is 1.11. The van der Waals surface area contributed by atoms with E-state index in [2.05, 4.69) is 20.2 Å². The van der Waals surface area contributed by atoms with E-state index in [1.54, 1.807) is 7.11 Å². The van der Waals surface area contributed by atoms with Gasteiger partial charge < -0.3 is 24.4 Å². The Morgan fingerprint density at radius 2 is 1.95 bits per heavy atom. The molecule has 4 rings (SSSR count). The lowest BCUT2D eigenvalue weighted by molar-refractivity contribution is -0.189. The molecule has 3 atom stereocenters. The first-order valence-corrected chi connectivity index (χ1v) is 14.4. The normalized spacial score (nSPS) is 26.6. The maximum atomic E-state index is 12.8. The second-order valence-corrected chi connectivity index (χ2v) is 11.6. The molecule has 0 amide bonds. The number of nitrogens with one attached hydrogen (secondary N) is 1. The number of hydrogen-bond acceptors (Lipinski definition) is 8. The van der Waals surface area contributed by atoms with Gasteiger partial charge in [0.2, 0.25) is 0 Å². The third kappa shape index (κ3) is 8.53. The molecule has 3 aliphatic rings. The summed E-state index contributed by atoms with van der Waals surface area (Å²) in [4.78, 5) is 12.2. The Kier molecular flexibility index (Phi) is 10.1. The van der Waals surface area contributed by atoms with Crippen molar-refractivity contribution in [3.05, 3.63) is 10.6 Å². The molecule has 0 aromatic carbocycles. The van der Waals surface area contributed by atoms with Gasteiger partial charge in [-0.2, -0.15) is 13.2 Å². The number of methoxy groups -OCH3 is 1. The molecule has 1 aromatic heterocycles. The second kappa shape index (κ2) is 13.1. The van der Waals surface area contributed by atoms with Crippen molar-refractivity contribution in [2.24, 2.45) is 10.9 Å². The third-order valence-corrected chi connectivity index (χ3v) is 8.91. The Morgan fingerprint density at radius 3 is 2.62 bits per heavy atom. The summed E-state index contributed by atoms with van der Waals surface area (Å²) in [5.41, 5.74) is 0.903. The number of thiazole rings is 1. The van der Waals surface area contributed by atoms with Gasteiger partial charge >= 0.3 is 6.18 Å². The van der Waals surface area contributed by atoms with Crippen LogP contribution in [0.2, 0.25) is 0 Å². The summed E-state index contributed by atoms with van der Waals surface area (Å²) >= 11 is 1.27. The maximum absolute atomic E-state index is 12.8. The van der Waals surface area contributed by atoms with Gasteiger partial charge in [-0.05, 0) is 57.9 Å². The number of halogens is 3. The minimum Gasteiger partial charge on any atom is -0.476 e. The second-order valence-electron chi connectivity index (χ2n) is 10.6. The van der Waals surface area contributed by atoms with Gasteiger partial charge in [0.1, 0.15) is 6.10 Å². The molecule has 210 valence electrons. The minimum absolute atomic E-state index is 0.136. The van der Waals surface area contributed by atoms with Crippen LogP contribution in [0.25, 0.3) is 0 Å². The number of ether oxygens (including phenoxy) is 3. The van der Waals surface area contributed by atoms with E-state index in [-0.39, 0.29) is 17.4 Å². The summed E-state index contributed by atoms with van der Waals surface area (Å²) in [7, 11) is 1.77. The summed E-state index contributed by atoms with van der Waals surface area (Å²) < 4.78 is 54.8. The number of aliphatic imine (C=N–C) groups is 1. The number of fused-ring (bicyclic) bond motifs is 1. The van der Waals surface area contributed by atoms with E-state index in [0.717, 1.165) is 81.3 Å². The van der Waals surface area contributed by atoms with Crippen LogP contribution < -0.4 is 10.1 Å². The monoisotopic (exact) mass is 546 g/mol. The fourth-order valence-corrected chi connectivity index (χ4v) is 6.44. The molecule has 0 bridgehead atoms. The van der Waals surface area contributed by atoms with Crippen molar-refractivity contribution in [2.45, 2.75) is 95.7 Å². The standard InChI is InChI=1S/C26H41F3N4O3S/c1-17(26(27,28)29)35-25-32-23-9-12-33(13-10-24(23)37-25)11-8-19-4-6-20(7-5-19)31-15-21(34-3)14-22-16-30-18(2)36-22/h17,19-22,31H,4-16H2,1-3H3/t17?,19?,20?,21?,22-/m0/s1. The summed E-state index contributed by atoms with van der Waals surface area (Å²) in [5.74, 6) is 1.53. The molecule has 3 heterocycles. The van der Waals surface area contributed by atoms with Gasteiger partial charge in [-0.1, -0.05) is 11.3 Å². The van der Waals surface area contributed by atoms with Crippen LogP contribution in [0.3, 0.4) is 0 Å². The molecule has 11 heteroatoms. The van der Waals surface area contributed by atoms with Gasteiger partial charge in [0.05, 0.1) is 18.3 Å². The van der Waals surface area contributed by atoms with Gasteiger partial charge in [-0.3, -0.25) is 4.99 Å². The topological polar surface area (TPSA) is 68.2 Å². The van der Waals surface area contributed by atoms with Crippen molar-refractivity contribution < 1.29 is 27.4 Å². The van der Waals surface area contributed by atoms with Crippen molar-refractivity contribution in [1.82, 2.24) is 15.2 Å². The highest BCUT2D eigenvalue weighted by Gasteiger charge is 2.39. The van der Waals surface area contributed by atoms with Gasteiger partial charge in [0.25, 0.3) is 5.19 Å². The maximum Gasteiger partial charge on any atom is 0.425 e. The van der Waals surface area contributed by atoms with E-state index < -0.39 is 12.3 Å². The smallest absolute Gasteiger partial charge is 0.425 e. The zero-order chi connectivity index (χ0) is 26.4. The van der Waals surface area contributed by atoms with Crippen molar-refractivity contribution >= 4 is 17.2 Å². The van der Waals surface area contributed by atoms with Crippen molar-refractivity contribution in [1.29, 1.82) is 0 Å². The van der Waals surface area contributed by atoms with Gasteiger partial charge in [-0.15, -0.1) is 0 Å². The van der Waals surface area contributed by atoms with E-state index in [1.165, 1.54) is 43.4 Å². The fraction of sp³-hybridized carbons (Fsp3) is 0.846. The van der Waals surface area contributed by atoms with Gasteiger partial charge in [-0.25, -0.2) is 4.98 Å². The lowest BCUT2D eigenvalue weighted by Gasteiger charge is -2.32. The van der Waals surface area contributed by atoms with Crippen LogP contribution in [0.5, 0.6) is 5.19 Å². The Bertz CT molecular complexity index is 863. The zero-order valence-electron chi connectivity index (χ0n) is 22.2. The first-order valence-electron chi connectivity index (χ1n) is 13.6. The van der Waals surface area contributed by atoms with E-state index >= 15 is 0 Å². The summed E-state index contributed by atoms with van der Waals surface area (Å²) in [6, 6.07) is 0.549. The molecule has 0 spiro atoms. The molecule has 1 fully saturated rings. The minimum atomic E-state index is -4.37. The quantitative estimate of drug-likeness (QED) is 0.437. The van der Waals surface area contributed by atoms with Crippen molar-refractivity contribution in [2.75, 3.05) is 39.8 Å². The molecule has 1 saturated carbocycles. The number of alkyl halides is 3. The highest BCUT2D eigenvalue weighted by Crippen LogP contribution is 2.32. The van der Waals surface area contributed by atoms with Crippen LogP contribution in [-0.4, -0.2) is 86.1 Å². The van der Waals surface area contributed by atoms with Crippen LogP contribution in [0.4, 0.5) is 13.2 Å². The number of rotatable bonds is 11. The number of hydrogen-bond donors (Lipinski definition) is 1. The zero-order valence-corrected chi connectivity index (χ0v) is 23.0. The molecule has 7 nitrogen and oxygen atoms in total. The van der Waals surface area contributed by atoms with Crippen LogP contribution in [0, 0.1) is 5.92 Å². The predicted molar refractivity (Wildman–Crippen MR) is 139 cm³/mol. The molecular formula is C26H41F3N4O3S. The molecule has 1 aliphatic carbocycles. The van der Waals surface area contributed by atoms with Crippen molar-refractivity contribution in [3.8, 4) is 5.19 Å². The van der Waals surface area contributed by atoms with E-state index in [4.69, 9.17) is 14.2 Å². The highest BCUT2D eigenvalue weighted by atomic mass is 32.1. The first-order chi connectivity index (χ1) is 17.7. The average molecular weight is 547 g/mol. The van der Waals surface area contributed by atoms with Gasteiger partial charge in [0, 0.05) is 57.4 Å². The fourth-order valence-electron chi connectivity index (χ4n) is 5.42. The van der Waals surface area contributed by atoms with Crippen LogP contribution in [-0.2, 0) is 22.3 Å². The molecule has 37 heavy (non-hydrogen) atoms. The molecule has 0 radical (unpaired) electrons. The molecule has 1 aromatic rings. The van der Waals surface area contributed by atoms with E-state index in [9.17, 15) is 13.2 Å². The van der Waals surface area contributed by atoms with E-state index in [1.807, 2.05) is 6.92 Å². The SMILES string of the molecule is COC(CNC1CCC(CCN2CCc3nc(OC(C)C(F)(F)F)sc3CC2)CC1)C[C@H]1CN=C(C)O1. The third-order valence-electron chi connectivity index (χ3n) is 7.87. The lowest BCUT2D eigenvalue weighted by Crippen LogP contribution is -2.40. The Labute approximate surface area is 222 Å². The molecule has 1 N–H and O–H groups in total. The van der Waals surface area contributed by atoms with Crippen LogP contribution in [0.15, 0.2) is 4.99 Å². The van der Waals surface area contributed by atoms with Crippen molar-refractivity contribution in [3.63, 3.8) is 0 Å². The first kappa shape index (κ1) is 28.6. The molecule has 0 saturated heterocycles. The molecule has 2 aliphatic heterocycles. The lowest BCUT2D eigenvalue weighted by atomic mass is 9.84. The molecule has 2 unspecified atom stereocenters. The van der Waals surface area contributed by atoms with Crippen LogP contribution in [0.1, 0.15) is 62.9 Å². The summed E-state index contributed by atoms with van der Waals surface area (Å²) in [5, 5.41) is 3.86. The number of aromatic nitrogens is 1. The largest absolute Gasteiger partial charge is 0.476 e. The summed E-state index contributed by atoms with van der Waals surface area (Å²) in [6.45, 7) is 7.40. The predicted octanol–water partition coefficient (Wildman–Crippen LogP) is 4.63. The highest BCUT2D eigenvalue weighted by molar-refractivity contribution is 7.13. The Morgan fingerprint density at radius 1 is 1.19 bits per heavy atom. The molecular weight excluding hydrogens is 505 g/mol. The van der Waals surface area contributed by atoms with Gasteiger partial charge in [0.15, 0.2) is 12.0 Å². The summed E-state index contributed by atoms with van der Waals surface area (Å²) in [6.07, 6.45) is 2.60. The van der Waals surface area contributed by atoms with Crippen LogP contribution >= 0.6 is 11.3 Å². The van der Waals surface area contributed by atoms with E-state index in [0.29, 0.717) is 6.04 Å². The Hall–Kier alpha value is -1.43.